The summed E-state index contributed by atoms with van der Waals surface area (Å²) >= 11 is 0. The van der Waals surface area contributed by atoms with Gasteiger partial charge < -0.3 is 9.80 Å². The molecule has 0 heterocycles. The van der Waals surface area contributed by atoms with Crippen LogP contribution in [-0.4, -0.2) is 24.9 Å². The van der Waals surface area contributed by atoms with Gasteiger partial charge in [0.25, 0.3) is 0 Å². The summed E-state index contributed by atoms with van der Waals surface area (Å²) in [5.41, 5.74) is 1.00. The molecule has 2 amide bonds. The van der Waals surface area contributed by atoms with Gasteiger partial charge in [-0.05, 0) is 47.5 Å². The van der Waals surface area contributed by atoms with Crippen LogP contribution in [0.25, 0.3) is 0 Å². The number of hydrogen-bond donors (Lipinski definition) is 0. The molecule has 0 aliphatic carbocycles. The van der Waals surface area contributed by atoms with Crippen molar-refractivity contribution in [3.05, 3.63) is 131 Å². The van der Waals surface area contributed by atoms with E-state index in [1.165, 1.54) is 21.9 Å². The van der Waals surface area contributed by atoms with Crippen LogP contribution in [0.2, 0.25) is 0 Å². The van der Waals surface area contributed by atoms with Crippen molar-refractivity contribution < 1.29 is 48.9 Å². The minimum Gasteiger partial charge on any atom is -0.359 e. The number of amides is 2. The van der Waals surface area contributed by atoms with Crippen molar-refractivity contribution in [2.75, 3.05) is 22.9 Å². The van der Waals surface area contributed by atoms with E-state index in [1.54, 1.807) is 60.7 Å². The SMILES string of the molecule is CC(C)CN(C(=O)c1ccccc1)c1ccc(F)[c-]c1F.CC(C)CN(C(=O)c1ccccc1)c1ccc(F)[c-]c1F.[Ti+2]. The average Bonchev–Trinajstić information content (AvgIpc) is 2.95. The molecule has 43 heavy (non-hydrogen) atoms. The Hall–Kier alpha value is -3.75. The predicted octanol–water partition coefficient (Wildman–Crippen LogP) is 8.13. The summed E-state index contributed by atoms with van der Waals surface area (Å²) in [4.78, 5) is 27.8. The first-order valence-electron chi connectivity index (χ1n) is 13.5. The molecule has 0 saturated carbocycles. The van der Waals surface area contributed by atoms with Crippen LogP contribution in [0.1, 0.15) is 48.4 Å². The molecule has 0 unspecified atom stereocenters. The van der Waals surface area contributed by atoms with Gasteiger partial charge in [-0.2, -0.15) is 0 Å². The first-order valence-corrected chi connectivity index (χ1v) is 13.5. The van der Waals surface area contributed by atoms with Crippen LogP contribution in [-0.2, 0) is 21.7 Å². The van der Waals surface area contributed by atoms with Crippen LogP contribution in [0.5, 0.6) is 0 Å². The van der Waals surface area contributed by atoms with Crippen LogP contribution in [0.4, 0.5) is 28.9 Å². The minimum atomic E-state index is -0.861. The Bertz CT molecular complexity index is 1370. The van der Waals surface area contributed by atoms with Gasteiger partial charge in [-0.3, -0.25) is 9.59 Å². The maximum absolute atomic E-state index is 13.9. The number of carbonyl (C=O) groups excluding carboxylic acids is 2. The third-order valence-electron chi connectivity index (χ3n) is 5.89. The van der Waals surface area contributed by atoms with Gasteiger partial charge >= 0.3 is 21.7 Å². The molecule has 4 nitrogen and oxygen atoms in total. The van der Waals surface area contributed by atoms with E-state index in [2.05, 4.69) is 0 Å². The van der Waals surface area contributed by atoms with E-state index in [0.717, 1.165) is 12.1 Å². The van der Waals surface area contributed by atoms with E-state index in [0.29, 0.717) is 24.2 Å². The zero-order valence-corrected chi connectivity index (χ0v) is 25.9. The molecule has 0 bridgehead atoms. The second kappa shape index (κ2) is 16.8. The number of hydrogen-bond acceptors (Lipinski definition) is 2. The van der Waals surface area contributed by atoms with Crippen molar-refractivity contribution >= 4 is 23.2 Å². The summed E-state index contributed by atoms with van der Waals surface area (Å²) in [6, 6.07) is 25.9. The van der Waals surface area contributed by atoms with Gasteiger partial charge in [-0.25, -0.2) is 17.6 Å². The van der Waals surface area contributed by atoms with Crippen molar-refractivity contribution in [3.63, 3.8) is 0 Å². The molecular formula is C34H32F4N2O2Ti. The van der Waals surface area contributed by atoms with Crippen LogP contribution in [0.15, 0.2) is 84.9 Å². The molecule has 4 aromatic rings. The Labute approximate surface area is 265 Å². The largest absolute Gasteiger partial charge is 2.00 e. The first kappa shape index (κ1) is 35.5. The van der Waals surface area contributed by atoms with E-state index in [1.807, 2.05) is 39.8 Å². The number of rotatable bonds is 8. The standard InChI is InChI=1S/2C17H16F2NO.Ti/c2*1-12(2)11-20(16-9-8-14(18)10-15(16)19)17(21)13-6-4-3-5-7-13;/h2*3-9,12H,11H2,1-2H3;/q2*-1;+2. The topological polar surface area (TPSA) is 40.6 Å². The number of halogens is 4. The van der Waals surface area contributed by atoms with E-state index in [9.17, 15) is 27.2 Å². The van der Waals surface area contributed by atoms with E-state index < -0.39 is 23.3 Å². The molecule has 0 fully saturated rings. The third-order valence-corrected chi connectivity index (χ3v) is 5.89. The zero-order chi connectivity index (χ0) is 30.8. The molecule has 0 radical (unpaired) electrons. The molecule has 4 aromatic carbocycles. The second-order valence-corrected chi connectivity index (χ2v) is 10.4. The number of carbonyl (C=O) groups is 2. The Kier molecular flexibility index (Phi) is 13.8. The maximum atomic E-state index is 13.9. The van der Waals surface area contributed by atoms with Gasteiger partial charge in [0.15, 0.2) is 0 Å². The van der Waals surface area contributed by atoms with Gasteiger partial charge in [-0.1, -0.05) is 64.1 Å². The van der Waals surface area contributed by atoms with Crippen molar-refractivity contribution in [3.8, 4) is 0 Å². The molecular weight excluding hydrogens is 592 g/mol. The fraction of sp³-hybridized carbons (Fsp3) is 0.235. The summed E-state index contributed by atoms with van der Waals surface area (Å²) in [5, 5.41) is 0. The van der Waals surface area contributed by atoms with Crippen molar-refractivity contribution in [1.82, 2.24) is 0 Å². The summed E-state index contributed by atoms with van der Waals surface area (Å²) in [6.45, 7) is 8.38. The smallest absolute Gasteiger partial charge is 0.359 e. The van der Waals surface area contributed by atoms with Gasteiger partial charge in [-0.15, -0.1) is 36.4 Å². The molecule has 222 valence electrons. The summed E-state index contributed by atoms with van der Waals surface area (Å²) in [5.74, 6) is -3.64. The Morgan fingerprint density at radius 1 is 0.581 bits per heavy atom. The second-order valence-electron chi connectivity index (χ2n) is 10.4. The van der Waals surface area contributed by atoms with Gasteiger partial charge in [0.2, 0.25) is 11.8 Å². The van der Waals surface area contributed by atoms with Crippen molar-refractivity contribution in [2.24, 2.45) is 11.8 Å². The van der Waals surface area contributed by atoms with Crippen molar-refractivity contribution in [1.29, 1.82) is 0 Å². The average molecular weight is 625 g/mol. The normalized spacial score (nSPS) is 10.5. The molecule has 0 aliphatic heterocycles. The summed E-state index contributed by atoms with van der Waals surface area (Å²) in [7, 11) is 0. The summed E-state index contributed by atoms with van der Waals surface area (Å²) in [6.07, 6.45) is 0. The van der Waals surface area contributed by atoms with Crippen LogP contribution < -0.4 is 9.80 Å². The fourth-order valence-corrected chi connectivity index (χ4v) is 4.07. The van der Waals surface area contributed by atoms with E-state index >= 15 is 0 Å². The Morgan fingerprint density at radius 3 is 1.19 bits per heavy atom. The molecule has 0 aliphatic rings. The van der Waals surface area contributed by atoms with E-state index in [4.69, 9.17) is 0 Å². The van der Waals surface area contributed by atoms with Crippen LogP contribution in [0.3, 0.4) is 0 Å². The number of benzene rings is 4. The zero-order valence-electron chi connectivity index (χ0n) is 24.4. The Balaban J connectivity index is 0.000000293. The number of anilines is 2. The molecule has 0 N–H and O–H groups in total. The van der Waals surface area contributed by atoms with Gasteiger partial charge in [0.05, 0.1) is 0 Å². The number of nitrogens with zero attached hydrogens (tertiary/aromatic N) is 2. The maximum Gasteiger partial charge on any atom is 2.00 e. The van der Waals surface area contributed by atoms with Crippen LogP contribution in [0, 0.1) is 47.2 Å². The van der Waals surface area contributed by atoms with Gasteiger partial charge in [0, 0.05) is 47.5 Å². The molecule has 0 atom stereocenters. The fourth-order valence-electron chi connectivity index (χ4n) is 4.07. The monoisotopic (exact) mass is 624 g/mol. The molecule has 0 saturated heterocycles. The van der Waals surface area contributed by atoms with Crippen molar-refractivity contribution in [2.45, 2.75) is 27.7 Å². The molecule has 0 spiro atoms. The molecule has 0 aromatic heterocycles. The predicted molar refractivity (Wildman–Crippen MR) is 156 cm³/mol. The minimum absolute atomic E-state index is 0. The Morgan fingerprint density at radius 2 is 0.907 bits per heavy atom. The quantitative estimate of drug-likeness (QED) is 0.113. The third kappa shape index (κ3) is 10.2. The summed E-state index contributed by atoms with van der Waals surface area (Å²) < 4.78 is 53.9. The molecule has 4 rings (SSSR count). The van der Waals surface area contributed by atoms with Crippen LogP contribution >= 0.6 is 0 Å². The first-order chi connectivity index (χ1) is 20.0. The van der Waals surface area contributed by atoms with Gasteiger partial charge in [0.1, 0.15) is 0 Å². The molecule has 9 heteroatoms. The van der Waals surface area contributed by atoms with E-state index in [-0.39, 0.29) is 56.7 Å².